The number of nitrogens with two attached hydrogens (primary N) is 1. The fraction of sp³-hybridized carbons (Fsp3) is 0.558. The summed E-state index contributed by atoms with van der Waals surface area (Å²) < 4.78 is 19.5. The number of amides is 1. The number of likely N-dealkylation sites (tertiary alicyclic amines) is 2. The molecule has 2 aliphatic carbocycles. The van der Waals surface area contributed by atoms with Crippen LogP contribution in [0.5, 0.6) is 0 Å². The first-order valence-electron chi connectivity index (χ1n) is 20.8. The Hall–Kier alpha value is -4.35. The van der Waals surface area contributed by atoms with Gasteiger partial charge in [-0.25, -0.2) is 9.97 Å². The second kappa shape index (κ2) is 15.4. The molecule has 7 N–H and O–H groups in total. The molecule has 2 saturated heterocycles. The summed E-state index contributed by atoms with van der Waals surface area (Å²) in [6.45, 7) is 8.62. The van der Waals surface area contributed by atoms with Crippen LogP contribution in [0.15, 0.2) is 48.5 Å². The van der Waals surface area contributed by atoms with Crippen LogP contribution in [0.3, 0.4) is 0 Å². The number of aromatic nitrogens is 5. The smallest absolute Gasteiger partial charge is 0.240 e. The minimum Gasteiger partial charge on any atom is -0.470 e. The van der Waals surface area contributed by atoms with Gasteiger partial charge in [-0.2, -0.15) is 0 Å². The Bertz CT molecular complexity index is 2240. The Morgan fingerprint density at radius 3 is 2.53 bits per heavy atom. The van der Waals surface area contributed by atoms with Gasteiger partial charge in [0.2, 0.25) is 12.3 Å². The van der Waals surface area contributed by atoms with Crippen LogP contribution < -0.4 is 11.1 Å². The number of aromatic amines is 2. The van der Waals surface area contributed by atoms with Crippen molar-refractivity contribution in [2.45, 2.75) is 121 Å². The van der Waals surface area contributed by atoms with Crippen molar-refractivity contribution in [2.75, 3.05) is 20.8 Å². The first kappa shape index (κ1) is 39.1. The maximum absolute atomic E-state index is 13.2. The summed E-state index contributed by atoms with van der Waals surface area (Å²) in [6, 6.07) is 7.69. The molecule has 5 aliphatic rings. The van der Waals surface area contributed by atoms with Gasteiger partial charge in [-0.15, -0.1) is 0 Å². The minimum absolute atomic E-state index is 0.00636. The zero-order valence-corrected chi connectivity index (χ0v) is 34.2. The van der Waals surface area contributed by atoms with E-state index < -0.39 is 24.7 Å². The summed E-state index contributed by atoms with van der Waals surface area (Å²) in [5, 5.41) is 26.0. The van der Waals surface area contributed by atoms with Crippen LogP contribution in [0.4, 0.5) is 0 Å². The van der Waals surface area contributed by atoms with Gasteiger partial charge in [-0.05, 0) is 94.1 Å². The lowest BCUT2D eigenvalue weighted by Crippen LogP contribution is -2.58. The second-order valence-corrected chi connectivity index (χ2v) is 17.1. The largest absolute Gasteiger partial charge is 0.470 e. The van der Waals surface area contributed by atoms with Gasteiger partial charge in [-0.3, -0.25) is 15.0 Å². The van der Waals surface area contributed by atoms with E-state index in [-0.39, 0.29) is 42.3 Å². The van der Waals surface area contributed by atoms with E-state index in [2.05, 4.69) is 62.0 Å². The standard InChI is InChI=1S/C43H57N9O6/c1-21(2)37(44)41(53)50-13-7-8-32(50)39-45-20-30(47-39)25-9-11-28-34-16-26-14-24(10-12-31(26)51(34)23(4)58-36(28)18-25)29-19-46-40(48-29)35-17-27-15-33(27)52(35)42(54)38(22(3)56-5)49-43(55)57-6/h10,12,14,16,18-23,27,32-33,35,37-38,42-43,49,54-55H,7-9,11,13,15,17,44H2,1-6H3,(H,45,47)(H,46,48). The van der Waals surface area contributed by atoms with Gasteiger partial charge >= 0.3 is 0 Å². The molecule has 1 aromatic carbocycles. The van der Waals surface area contributed by atoms with Gasteiger partial charge in [0.25, 0.3) is 0 Å². The lowest BCUT2D eigenvalue weighted by molar-refractivity contribution is -0.146. The average Bonchev–Trinajstić information content (AvgIpc) is 3.88. The highest BCUT2D eigenvalue weighted by atomic mass is 16.6. The summed E-state index contributed by atoms with van der Waals surface area (Å²) in [5.41, 5.74) is 13.7. The third-order valence-electron chi connectivity index (χ3n) is 13.3. The molecule has 10 unspecified atom stereocenters. The Kier molecular flexibility index (Phi) is 10.4. The molecular weight excluding hydrogens is 739 g/mol. The number of nitrogens with zero attached hydrogens (tertiary/aromatic N) is 5. The summed E-state index contributed by atoms with van der Waals surface area (Å²) in [6.07, 6.45) is 8.53. The zero-order chi connectivity index (χ0) is 40.6. The molecule has 3 fully saturated rings. The first-order valence-corrected chi connectivity index (χ1v) is 20.8. The van der Waals surface area contributed by atoms with Gasteiger partial charge < -0.3 is 49.6 Å². The molecule has 10 atom stereocenters. The summed E-state index contributed by atoms with van der Waals surface area (Å²) in [5.74, 6) is 3.06. The summed E-state index contributed by atoms with van der Waals surface area (Å²) in [7, 11) is 3.00. The highest BCUT2D eigenvalue weighted by Crippen LogP contribution is 2.54. The number of methoxy groups -OCH3 is 2. The fourth-order valence-corrected chi connectivity index (χ4v) is 9.80. The lowest BCUT2D eigenvalue weighted by atomic mass is 9.92. The van der Waals surface area contributed by atoms with Crippen molar-refractivity contribution in [3.8, 4) is 11.3 Å². The summed E-state index contributed by atoms with van der Waals surface area (Å²) in [4.78, 5) is 34.0. The maximum atomic E-state index is 13.2. The van der Waals surface area contributed by atoms with Crippen molar-refractivity contribution >= 4 is 28.0 Å². The zero-order valence-electron chi connectivity index (χ0n) is 34.2. The Morgan fingerprint density at radius 2 is 1.78 bits per heavy atom. The molecule has 310 valence electrons. The van der Waals surface area contributed by atoms with Crippen molar-refractivity contribution in [1.82, 2.24) is 39.6 Å². The first-order chi connectivity index (χ1) is 27.9. The van der Waals surface area contributed by atoms with Crippen LogP contribution in [0.2, 0.25) is 0 Å². The number of benzene rings is 1. The molecule has 15 heteroatoms. The van der Waals surface area contributed by atoms with Crippen LogP contribution in [0.25, 0.3) is 33.3 Å². The van der Waals surface area contributed by atoms with Crippen molar-refractivity contribution in [3.63, 3.8) is 0 Å². The quantitative estimate of drug-likeness (QED) is 0.101. The van der Waals surface area contributed by atoms with Crippen molar-refractivity contribution < 1.29 is 29.2 Å². The predicted molar refractivity (Wildman–Crippen MR) is 218 cm³/mol. The van der Waals surface area contributed by atoms with Gasteiger partial charge in [0, 0.05) is 43.3 Å². The minimum atomic E-state index is -1.23. The van der Waals surface area contributed by atoms with Crippen LogP contribution >= 0.6 is 0 Å². The van der Waals surface area contributed by atoms with Crippen LogP contribution in [-0.2, 0) is 19.0 Å². The summed E-state index contributed by atoms with van der Waals surface area (Å²) >= 11 is 0. The molecule has 0 spiro atoms. The van der Waals surface area contributed by atoms with Crippen molar-refractivity contribution in [1.29, 1.82) is 0 Å². The number of H-pyrrole nitrogens is 2. The van der Waals surface area contributed by atoms with E-state index in [9.17, 15) is 15.0 Å². The number of piperidine rings is 1. The number of carbonyl (C=O) groups excluding carboxylic acids is 1. The SMILES string of the molecule is COC(O)NC(C(C)OC)C(O)N1C(c2ncc(-c3ccc4c(c3)cc3n4C(C)OC4=C3CCC(c3cnc(C5CCCN5C(=O)C(N)C(C)C)[nH]3)=C4)[nH]2)CC2CC21. The number of allylic oxidation sites excluding steroid dienone is 3. The molecule has 3 aliphatic heterocycles. The molecule has 4 aromatic rings. The van der Waals surface area contributed by atoms with Crippen molar-refractivity contribution in [2.24, 2.45) is 17.6 Å². The molecule has 1 amide bonds. The van der Waals surface area contributed by atoms with Gasteiger partial charge in [0.15, 0.2) is 6.23 Å². The maximum Gasteiger partial charge on any atom is 0.240 e. The molecule has 0 bridgehead atoms. The number of ether oxygens (including phenoxy) is 3. The van der Waals surface area contributed by atoms with Crippen LogP contribution in [0, 0.1) is 11.8 Å². The van der Waals surface area contributed by atoms with Gasteiger partial charge in [0.05, 0.1) is 65.3 Å². The van der Waals surface area contributed by atoms with E-state index in [0.29, 0.717) is 12.5 Å². The molecule has 1 saturated carbocycles. The number of fused-ring (bicyclic) bond motifs is 5. The third kappa shape index (κ3) is 6.79. The van der Waals surface area contributed by atoms with E-state index in [0.717, 1.165) is 95.1 Å². The number of hydrogen-bond donors (Lipinski definition) is 6. The second-order valence-electron chi connectivity index (χ2n) is 17.1. The molecule has 15 nitrogen and oxygen atoms in total. The molecule has 3 aromatic heterocycles. The molecular formula is C43H57N9O6. The van der Waals surface area contributed by atoms with Crippen LogP contribution in [0.1, 0.15) is 108 Å². The van der Waals surface area contributed by atoms with E-state index >= 15 is 0 Å². The van der Waals surface area contributed by atoms with Crippen molar-refractivity contribution in [3.05, 3.63) is 71.5 Å². The number of nitrogens with one attached hydrogen (secondary N) is 3. The molecule has 6 heterocycles. The fourth-order valence-electron chi connectivity index (χ4n) is 9.80. The van der Waals surface area contributed by atoms with E-state index in [1.54, 1.807) is 7.11 Å². The number of aliphatic hydroxyl groups is 2. The number of imidazole rings is 2. The lowest BCUT2D eigenvalue weighted by Gasteiger charge is -2.38. The third-order valence-corrected chi connectivity index (χ3v) is 13.3. The van der Waals surface area contributed by atoms with Crippen LogP contribution in [-0.4, -0.2) is 108 Å². The molecule has 58 heavy (non-hydrogen) atoms. The number of hydrogen-bond acceptors (Lipinski definition) is 11. The topological polar surface area (TPSA) is 192 Å². The highest BCUT2D eigenvalue weighted by molar-refractivity contribution is 5.91. The van der Waals surface area contributed by atoms with Gasteiger partial charge in [0.1, 0.15) is 23.6 Å². The Morgan fingerprint density at radius 1 is 1.02 bits per heavy atom. The number of rotatable bonds is 13. The number of aliphatic hydroxyl groups excluding tert-OH is 2. The average molecular weight is 796 g/mol. The highest BCUT2D eigenvalue weighted by Gasteiger charge is 2.56. The Balaban J connectivity index is 0.948. The van der Waals surface area contributed by atoms with Gasteiger partial charge in [-0.1, -0.05) is 19.9 Å². The molecule has 9 rings (SSSR count). The number of carbonyl (C=O) groups is 1. The normalized spacial score (nSPS) is 26.9. The monoisotopic (exact) mass is 795 g/mol. The Labute approximate surface area is 338 Å². The van der Waals surface area contributed by atoms with E-state index in [4.69, 9.17) is 29.9 Å². The predicted octanol–water partition coefficient (Wildman–Crippen LogP) is 4.91. The van der Waals surface area contributed by atoms with E-state index in [1.807, 2.05) is 38.1 Å². The van der Waals surface area contributed by atoms with E-state index in [1.165, 1.54) is 12.7 Å². The molecule has 0 radical (unpaired) electrons.